The van der Waals surface area contributed by atoms with Crippen LogP contribution in [0.4, 0.5) is 11.4 Å². The fraction of sp³-hybridized carbons (Fsp3) is 0.368. The summed E-state index contributed by atoms with van der Waals surface area (Å²) in [6.07, 6.45) is 0. The number of hydrogen-bond acceptors (Lipinski definition) is 4. The van der Waals surface area contributed by atoms with Gasteiger partial charge in [-0.1, -0.05) is 18.2 Å². The molecule has 0 unspecified atom stereocenters. The molecule has 118 valence electrons. The highest BCUT2D eigenvalue weighted by atomic mass is 15.3. The molecule has 0 amide bonds. The molecule has 0 aliphatic carbocycles. The van der Waals surface area contributed by atoms with Gasteiger partial charge < -0.3 is 9.80 Å². The third kappa shape index (κ3) is 3.00. The number of aryl methyl sites for hydroxylation is 3. The summed E-state index contributed by atoms with van der Waals surface area (Å²) in [7, 11) is 0. The Balaban J connectivity index is 1.80. The number of para-hydroxylation sites is 1. The van der Waals surface area contributed by atoms with Crippen molar-refractivity contribution in [2.24, 2.45) is 0 Å². The lowest BCUT2D eigenvalue weighted by molar-refractivity contribution is 0.651. The summed E-state index contributed by atoms with van der Waals surface area (Å²) >= 11 is 0. The van der Waals surface area contributed by atoms with Crippen molar-refractivity contribution in [2.75, 3.05) is 36.0 Å². The Morgan fingerprint density at radius 2 is 1.57 bits per heavy atom. The number of anilines is 2. The number of rotatable bonds is 2. The predicted octanol–water partition coefficient (Wildman–Crippen LogP) is 3.21. The zero-order valence-electron chi connectivity index (χ0n) is 14.0. The quantitative estimate of drug-likeness (QED) is 0.854. The van der Waals surface area contributed by atoms with E-state index in [9.17, 15) is 5.26 Å². The summed E-state index contributed by atoms with van der Waals surface area (Å²) in [5.74, 6) is 0. The summed E-state index contributed by atoms with van der Waals surface area (Å²) in [6, 6.07) is 12.9. The van der Waals surface area contributed by atoms with Gasteiger partial charge in [0.05, 0.1) is 16.9 Å². The first kappa shape index (κ1) is 15.4. The summed E-state index contributed by atoms with van der Waals surface area (Å²) in [5, 5.41) is 9.46. The largest absolute Gasteiger partial charge is 0.368 e. The van der Waals surface area contributed by atoms with E-state index >= 15 is 0 Å². The SMILES string of the molecule is Cc1cc(N2CCN(c3ccccc3C)CC2)c(C#N)c(C)n1. The van der Waals surface area contributed by atoms with E-state index in [1.54, 1.807) is 0 Å². The zero-order valence-corrected chi connectivity index (χ0v) is 14.0. The molecular weight excluding hydrogens is 284 g/mol. The lowest BCUT2D eigenvalue weighted by Gasteiger charge is -2.38. The maximum atomic E-state index is 9.46. The number of pyridine rings is 1. The molecule has 4 heteroatoms. The van der Waals surface area contributed by atoms with Gasteiger partial charge in [0.2, 0.25) is 0 Å². The Bertz CT molecular complexity index is 752. The summed E-state index contributed by atoms with van der Waals surface area (Å²) in [4.78, 5) is 9.16. The van der Waals surface area contributed by atoms with Crippen molar-refractivity contribution in [1.29, 1.82) is 5.26 Å². The van der Waals surface area contributed by atoms with Crippen molar-refractivity contribution in [3.63, 3.8) is 0 Å². The van der Waals surface area contributed by atoms with Crippen LogP contribution in [0.5, 0.6) is 0 Å². The van der Waals surface area contributed by atoms with Crippen LogP contribution in [-0.2, 0) is 0 Å². The Kier molecular flexibility index (Phi) is 4.20. The van der Waals surface area contributed by atoms with Crippen molar-refractivity contribution >= 4 is 11.4 Å². The van der Waals surface area contributed by atoms with Crippen molar-refractivity contribution in [2.45, 2.75) is 20.8 Å². The molecule has 1 aromatic heterocycles. The van der Waals surface area contributed by atoms with Crippen molar-refractivity contribution < 1.29 is 0 Å². The highest BCUT2D eigenvalue weighted by Gasteiger charge is 2.21. The number of piperazine rings is 1. The normalized spacial score (nSPS) is 14.7. The first-order valence-electron chi connectivity index (χ1n) is 8.04. The smallest absolute Gasteiger partial charge is 0.103 e. The molecule has 1 fully saturated rings. The second kappa shape index (κ2) is 6.29. The summed E-state index contributed by atoms with van der Waals surface area (Å²) in [6.45, 7) is 9.84. The van der Waals surface area contributed by atoms with E-state index in [1.807, 2.05) is 19.9 Å². The number of nitriles is 1. The van der Waals surface area contributed by atoms with Crippen LogP contribution in [0, 0.1) is 32.1 Å². The van der Waals surface area contributed by atoms with Crippen LogP contribution in [0.25, 0.3) is 0 Å². The van der Waals surface area contributed by atoms with E-state index in [-0.39, 0.29) is 0 Å². The number of aromatic nitrogens is 1. The first-order valence-corrected chi connectivity index (χ1v) is 8.04. The van der Waals surface area contributed by atoms with E-state index in [2.05, 4.69) is 52.0 Å². The monoisotopic (exact) mass is 306 g/mol. The molecule has 0 atom stereocenters. The van der Waals surface area contributed by atoms with Gasteiger partial charge in [0.1, 0.15) is 6.07 Å². The number of benzene rings is 1. The van der Waals surface area contributed by atoms with E-state index < -0.39 is 0 Å². The second-order valence-corrected chi connectivity index (χ2v) is 6.12. The summed E-state index contributed by atoms with van der Waals surface area (Å²) in [5.41, 5.74) is 6.16. The molecular formula is C19H22N4. The van der Waals surface area contributed by atoms with Gasteiger partial charge in [0, 0.05) is 37.6 Å². The molecule has 1 aromatic carbocycles. The van der Waals surface area contributed by atoms with Crippen LogP contribution >= 0.6 is 0 Å². The van der Waals surface area contributed by atoms with Gasteiger partial charge in [-0.2, -0.15) is 5.26 Å². The molecule has 0 radical (unpaired) electrons. The molecule has 3 rings (SSSR count). The molecule has 1 aliphatic rings. The van der Waals surface area contributed by atoms with Crippen LogP contribution in [0.15, 0.2) is 30.3 Å². The van der Waals surface area contributed by atoms with Gasteiger partial charge in [-0.05, 0) is 38.5 Å². The van der Waals surface area contributed by atoms with E-state index in [4.69, 9.17) is 0 Å². The van der Waals surface area contributed by atoms with Crippen LogP contribution in [0.2, 0.25) is 0 Å². The second-order valence-electron chi connectivity index (χ2n) is 6.12. The highest BCUT2D eigenvalue weighted by molar-refractivity contribution is 5.63. The maximum absolute atomic E-state index is 9.46. The standard InChI is InChI=1S/C19H22N4/c1-14-6-4-5-7-18(14)22-8-10-23(11-9-22)19-12-15(2)21-16(3)17(19)13-20/h4-7,12H,8-11H2,1-3H3. The topological polar surface area (TPSA) is 43.2 Å². The fourth-order valence-corrected chi connectivity index (χ4v) is 3.30. The molecule has 1 aliphatic heterocycles. The van der Waals surface area contributed by atoms with E-state index in [0.29, 0.717) is 5.56 Å². The van der Waals surface area contributed by atoms with Crippen molar-refractivity contribution in [3.05, 3.63) is 52.8 Å². The maximum Gasteiger partial charge on any atom is 0.103 e. The molecule has 1 saturated heterocycles. The van der Waals surface area contributed by atoms with Crippen molar-refractivity contribution in [1.82, 2.24) is 4.98 Å². The van der Waals surface area contributed by atoms with E-state index in [1.165, 1.54) is 11.3 Å². The zero-order chi connectivity index (χ0) is 16.4. The molecule has 0 N–H and O–H groups in total. The molecule has 2 aromatic rings. The Morgan fingerprint density at radius 1 is 0.957 bits per heavy atom. The van der Waals surface area contributed by atoms with Gasteiger partial charge in [-0.25, -0.2) is 0 Å². The molecule has 23 heavy (non-hydrogen) atoms. The number of hydrogen-bond donors (Lipinski definition) is 0. The molecule has 0 saturated carbocycles. The lowest BCUT2D eigenvalue weighted by Crippen LogP contribution is -2.47. The lowest BCUT2D eigenvalue weighted by atomic mass is 10.1. The Morgan fingerprint density at radius 3 is 2.17 bits per heavy atom. The minimum atomic E-state index is 0.708. The number of nitrogens with zero attached hydrogens (tertiary/aromatic N) is 4. The van der Waals surface area contributed by atoms with Crippen LogP contribution in [-0.4, -0.2) is 31.2 Å². The average molecular weight is 306 g/mol. The van der Waals surface area contributed by atoms with E-state index in [0.717, 1.165) is 43.3 Å². The molecule has 4 nitrogen and oxygen atoms in total. The van der Waals surface area contributed by atoms with Gasteiger partial charge in [0.25, 0.3) is 0 Å². The molecule has 0 spiro atoms. The van der Waals surface area contributed by atoms with Crippen LogP contribution in [0.1, 0.15) is 22.5 Å². The van der Waals surface area contributed by atoms with Crippen LogP contribution in [0.3, 0.4) is 0 Å². The average Bonchev–Trinajstić information content (AvgIpc) is 2.55. The third-order valence-corrected chi connectivity index (χ3v) is 4.50. The van der Waals surface area contributed by atoms with Gasteiger partial charge >= 0.3 is 0 Å². The highest BCUT2D eigenvalue weighted by Crippen LogP contribution is 2.26. The third-order valence-electron chi connectivity index (χ3n) is 4.50. The summed E-state index contributed by atoms with van der Waals surface area (Å²) < 4.78 is 0. The van der Waals surface area contributed by atoms with Gasteiger partial charge in [-0.3, -0.25) is 4.98 Å². The Labute approximate surface area is 138 Å². The van der Waals surface area contributed by atoms with Crippen molar-refractivity contribution in [3.8, 4) is 6.07 Å². The van der Waals surface area contributed by atoms with Crippen LogP contribution < -0.4 is 9.80 Å². The molecule has 2 heterocycles. The predicted molar refractivity (Wildman–Crippen MR) is 94.0 cm³/mol. The van der Waals surface area contributed by atoms with Gasteiger partial charge in [0.15, 0.2) is 0 Å². The minimum Gasteiger partial charge on any atom is -0.368 e. The first-order chi connectivity index (χ1) is 11.1. The minimum absolute atomic E-state index is 0.708. The molecule has 0 bridgehead atoms. The fourth-order valence-electron chi connectivity index (χ4n) is 3.30. The Hall–Kier alpha value is -2.54. The van der Waals surface area contributed by atoms with Gasteiger partial charge in [-0.15, -0.1) is 0 Å².